The number of aromatic nitrogens is 3. The third kappa shape index (κ3) is 4.31. The van der Waals surface area contributed by atoms with Crippen molar-refractivity contribution in [2.24, 2.45) is 0 Å². The van der Waals surface area contributed by atoms with Crippen molar-refractivity contribution in [1.82, 2.24) is 14.8 Å². The van der Waals surface area contributed by atoms with Crippen molar-refractivity contribution < 1.29 is 13.9 Å². The Labute approximate surface area is 177 Å². The predicted molar refractivity (Wildman–Crippen MR) is 114 cm³/mol. The van der Waals surface area contributed by atoms with Crippen LogP contribution in [0.2, 0.25) is 0 Å². The fourth-order valence-electron chi connectivity index (χ4n) is 3.21. The van der Waals surface area contributed by atoms with E-state index in [9.17, 15) is 9.18 Å². The number of esters is 1. The summed E-state index contributed by atoms with van der Waals surface area (Å²) in [5.74, 6) is -0.705. The average Bonchev–Trinajstić information content (AvgIpc) is 3.32. The molecule has 2 aromatic heterocycles. The number of carbonyl (C=O) groups excluding carboxylic acids is 1. The number of benzene rings is 2. The molecule has 2 heterocycles. The Bertz CT molecular complexity index is 1170. The molecule has 0 saturated heterocycles. The van der Waals surface area contributed by atoms with E-state index in [4.69, 9.17) is 4.74 Å². The van der Waals surface area contributed by atoms with Gasteiger partial charge in [-0.2, -0.15) is 5.10 Å². The zero-order valence-electron chi connectivity index (χ0n) is 16.6. The number of ether oxygens (including phenoxy) is 1. The maximum atomic E-state index is 13.1. The van der Waals surface area contributed by atoms with Gasteiger partial charge in [-0.1, -0.05) is 30.3 Å². The fraction of sp³-hybridized carbons (Fsp3) is 0.174. The van der Waals surface area contributed by atoms with Crippen LogP contribution >= 0.6 is 11.3 Å². The van der Waals surface area contributed by atoms with Crippen LogP contribution in [0.25, 0.3) is 10.6 Å². The lowest BCUT2D eigenvalue weighted by molar-refractivity contribution is 0.0466. The summed E-state index contributed by atoms with van der Waals surface area (Å²) < 4.78 is 20.4. The van der Waals surface area contributed by atoms with Gasteiger partial charge in [0.2, 0.25) is 0 Å². The van der Waals surface area contributed by atoms with E-state index >= 15 is 0 Å². The quantitative estimate of drug-likeness (QED) is 0.403. The molecular formula is C23H20FN3O2S. The minimum Gasteiger partial charge on any atom is -0.455 e. The summed E-state index contributed by atoms with van der Waals surface area (Å²) in [6.45, 7) is 4.34. The second-order valence-electron chi connectivity index (χ2n) is 6.92. The molecule has 0 aliphatic heterocycles. The SMILES string of the molecule is Cc1nn(Cc2ccccc2)c(C)c1C(=O)OCc1csc(-c2ccc(F)cc2)n1. The van der Waals surface area contributed by atoms with Crippen LogP contribution in [0.1, 0.15) is 33.0 Å². The van der Waals surface area contributed by atoms with Crippen LogP contribution in [-0.4, -0.2) is 20.7 Å². The molecule has 30 heavy (non-hydrogen) atoms. The maximum Gasteiger partial charge on any atom is 0.342 e. The Kier molecular flexibility index (Phi) is 5.72. The molecule has 0 spiro atoms. The van der Waals surface area contributed by atoms with Crippen molar-refractivity contribution in [3.8, 4) is 10.6 Å². The smallest absolute Gasteiger partial charge is 0.342 e. The van der Waals surface area contributed by atoms with Gasteiger partial charge in [0.05, 0.1) is 23.6 Å². The lowest BCUT2D eigenvalue weighted by Gasteiger charge is -2.06. The first-order valence-corrected chi connectivity index (χ1v) is 10.3. The second-order valence-corrected chi connectivity index (χ2v) is 7.77. The molecule has 0 atom stereocenters. The molecule has 0 saturated carbocycles. The zero-order valence-corrected chi connectivity index (χ0v) is 17.4. The van der Waals surface area contributed by atoms with Crippen molar-refractivity contribution in [1.29, 1.82) is 0 Å². The highest BCUT2D eigenvalue weighted by atomic mass is 32.1. The van der Waals surface area contributed by atoms with E-state index in [1.165, 1.54) is 23.5 Å². The van der Waals surface area contributed by atoms with Gasteiger partial charge in [0.25, 0.3) is 0 Å². The first-order chi connectivity index (χ1) is 14.5. The molecule has 0 amide bonds. The number of hydrogen-bond donors (Lipinski definition) is 0. The number of hydrogen-bond acceptors (Lipinski definition) is 5. The molecule has 0 unspecified atom stereocenters. The Morgan fingerprint density at radius 2 is 1.83 bits per heavy atom. The molecule has 0 aliphatic carbocycles. The van der Waals surface area contributed by atoms with Crippen molar-refractivity contribution in [3.05, 3.63) is 94.0 Å². The van der Waals surface area contributed by atoms with E-state index in [2.05, 4.69) is 10.1 Å². The number of nitrogens with zero attached hydrogens (tertiary/aromatic N) is 3. The van der Waals surface area contributed by atoms with Crippen LogP contribution in [0.5, 0.6) is 0 Å². The highest BCUT2D eigenvalue weighted by Crippen LogP contribution is 2.24. The summed E-state index contributed by atoms with van der Waals surface area (Å²) in [6, 6.07) is 16.1. The number of halogens is 1. The maximum absolute atomic E-state index is 13.1. The van der Waals surface area contributed by atoms with Crippen molar-refractivity contribution >= 4 is 17.3 Å². The monoisotopic (exact) mass is 421 g/mol. The Balaban J connectivity index is 1.44. The lowest BCUT2D eigenvalue weighted by atomic mass is 10.2. The van der Waals surface area contributed by atoms with E-state index in [-0.39, 0.29) is 12.4 Å². The summed E-state index contributed by atoms with van der Waals surface area (Å²) in [5.41, 5.74) is 4.48. The Morgan fingerprint density at radius 3 is 2.57 bits per heavy atom. The summed E-state index contributed by atoms with van der Waals surface area (Å²) in [6.07, 6.45) is 0. The van der Waals surface area contributed by atoms with E-state index in [1.807, 2.05) is 47.3 Å². The number of thiazole rings is 1. The Morgan fingerprint density at radius 1 is 1.10 bits per heavy atom. The van der Waals surface area contributed by atoms with E-state index in [1.54, 1.807) is 19.1 Å². The first kappa shape index (κ1) is 20.0. The first-order valence-electron chi connectivity index (χ1n) is 9.46. The summed E-state index contributed by atoms with van der Waals surface area (Å²) in [4.78, 5) is 17.2. The topological polar surface area (TPSA) is 57.0 Å². The van der Waals surface area contributed by atoms with Gasteiger partial charge >= 0.3 is 5.97 Å². The molecule has 152 valence electrons. The van der Waals surface area contributed by atoms with Gasteiger partial charge in [-0.15, -0.1) is 11.3 Å². The molecular weight excluding hydrogens is 401 g/mol. The highest BCUT2D eigenvalue weighted by molar-refractivity contribution is 7.13. The average molecular weight is 421 g/mol. The summed E-state index contributed by atoms with van der Waals surface area (Å²) >= 11 is 1.43. The molecule has 0 aliphatic rings. The van der Waals surface area contributed by atoms with Gasteiger partial charge in [0.15, 0.2) is 0 Å². The van der Waals surface area contributed by atoms with E-state index < -0.39 is 5.97 Å². The van der Waals surface area contributed by atoms with Gasteiger partial charge in [-0.3, -0.25) is 4.68 Å². The molecule has 0 radical (unpaired) electrons. The van der Waals surface area contributed by atoms with Crippen molar-refractivity contribution in [3.63, 3.8) is 0 Å². The van der Waals surface area contributed by atoms with Crippen LogP contribution in [-0.2, 0) is 17.9 Å². The van der Waals surface area contributed by atoms with Gasteiger partial charge in [-0.25, -0.2) is 14.2 Å². The molecule has 4 aromatic rings. The number of carbonyl (C=O) groups is 1. The van der Waals surface area contributed by atoms with Crippen LogP contribution in [0.4, 0.5) is 4.39 Å². The van der Waals surface area contributed by atoms with Gasteiger partial charge in [0.1, 0.15) is 23.0 Å². The molecule has 0 bridgehead atoms. The van der Waals surface area contributed by atoms with Crippen molar-refractivity contribution in [2.75, 3.05) is 0 Å². The van der Waals surface area contributed by atoms with Gasteiger partial charge in [-0.05, 0) is 43.7 Å². The molecule has 4 rings (SSSR count). The minimum absolute atomic E-state index is 0.0687. The van der Waals surface area contributed by atoms with Gasteiger partial charge in [0, 0.05) is 10.9 Å². The summed E-state index contributed by atoms with van der Waals surface area (Å²) in [5, 5.41) is 7.10. The molecule has 2 aromatic carbocycles. The number of aryl methyl sites for hydroxylation is 1. The molecule has 0 fully saturated rings. The van der Waals surface area contributed by atoms with Crippen molar-refractivity contribution in [2.45, 2.75) is 27.0 Å². The molecule has 5 nitrogen and oxygen atoms in total. The summed E-state index contributed by atoms with van der Waals surface area (Å²) in [7, 11) is 0. The lowest BCUT2D eigenvalue weighted by Crippen LogP contribution is -2.09. The third-order valence-corrected chi connectivity index (χ3v) is 5.70. The number of rotatable bonds is 6. The van der Waals surface area contributed by atoms with E-state index in [0.29, 0.717) is 23.5 Å². The Hall–Kier alpha value is -3.32. The minimum atomic E-state index is -0.416. The van der Waals surface area contributed by atoms with Gasteiger partial charge < -0.3 is 4.74 Å². The fourth-order valence-corrected chi connectivity index (χ4v) is 4.02. The molecule has 7 heteroatoms. The zero-order chi connectivity index (χ0) is 21.1. The van der Waals surface area contributed by atoms with Crippen LogP contribution in [0.3, 0.4) is 0 Å². The predicted octanol–water partition coefficient (Wildman–Crippen LogP) is 5.17. The highest BCUT2D eigenvalue weighted by Gasteiger charge is 2.20. The standard InChI is InChI=1S/C23H20FN3O2S/c1-15-21(16(2)27(26-15)12-17-6-4-3-5-7-17)23(28)29-13-20-14-30-22(25-20)18-8-10-19(24)11-9-18/h3-11,14H,12-13H2,1-2H3. The third-order valence-electron chi connectivity index (χ3n) is 4.75. The normalized spacial score (nSPS) is 10.9. The van der Waals surface area contributed by atoms with Crippen LogP contribution in [0.15, 0.2) is 60.0 Å². The second kappa shape index (κ2) is 8.59. The largest absolute Gasteiger partial charge is 0.455 e. The van der Waals surface area contributed by atoms with Crippen LogP contribution in [0, 0.1) is 19.7 Å². The van der Waals surface area contributed by atoms with E-state index in [0.717, 1.165) is 21.8 Å². The van der Waals surface area contributed by atoms with Crippen LogP contribution < -0.4 is 0 Å². The molecule has 0 N–H and O–H groups in total.